The topological polar surface area (TPSA) is 85.7 Å². The largest absolute Gasteiger partial charge is 0.505 e. The molecule has 4 rings (SSSR count). The number of aromatic hydroxyl groups is 1. The maximum absolute atomic E-state index is 13.2. The zero-order chi connectivity index (χ0) is 23.4. The van der Waals surface area contributed by atoms with Crippen LogP contribution in [0, 0.1) is 5.82 Å². The van der Waals surface area contributed by atoms with Gasteiger partial charge in [-0.2, -0.15) is 0 Å². The van der Waals surface area contributed by atoms with Crippen molar-refractivity contribution in [2.24, 2.45) is 0 Å². The summed E-state index contributed by atoms with van der Waals surface area (Å²) in [5.41, 5.74) is 2.35. The molecule has 0 spiro atoms. The van der Waals surface area contributed by atoms with E-state index in [1.165, 1.54) is 31.5 Å². The van der Waals surface area contributed by atoms with E-state index in [2.05, 4.69) is 4.98 Å². The van der Waals surface area contributed by atoms with Crippen molar-refractivity contribution in [3.63, 3.8) is 0 Å². The second-order valence-corrected chi connectivity index (χ2v) is 7.42. The average Bonchev–Trinajstić information content (AvgIpc) is 2.84. The Kier molecular flexibility index (Phi) is 6.31. The molecular weight excluding hydrogens is 425 g/mol. The number of esters is 2. The predicted molar refractivity (Wildman–Crippen MR) is 120 cm³/mol. The first-order chi connectivity index (χ1) is 16.0. The van der Waals surface area contributed by atoms with Crippen molar-refractivity contribution in [3.8, 4) is 5.75 Å². The number of hydrogen-bond acceptors (Lipinski definition) is 6. The minimum atomic E-state index is -0.802. The molecule has 7 heteroatoms. The van der Waals surface area contributed by atoms with Crippen LogP contribution in [0.25, 0.3) is 10.9 Å². The highest BCUT2D eigenvalue weighted by molar-refractivity contribution is 6.10. The summed E-state index contributed by atoms with van der Waals surface area (Å²) in [7, 11) is 1.18. The van der Waals surface area contributed by atoms with Gasteiger partial charge in [-0.3, -0.25) is 4.98 Å². The van der Waals surface area contributed by atoms with Crippen LogP contribution in [0.1, 0.15) is 37.4 Å². The van der Waals surface area contributed by atoms with Crippen molar-refractivity contribution in [3.05, 3.63) is 107 Å². The average molecular weight is 445 g/mol. The monoisotopic (exact) mass is 445 g/mol. The molecule has 0 amide bonds. The lowest BCUT2D eigenvalue weighted by molar-refractivity contribution is 0.0475. The van der Waals surface area contributed by atoms with Crippen LogP contribution >= 0.6 is 0 Å². The molecule has 0 atom stereocenters. The molecule has 3 aromatic carbocycles. The van der Waals surface area contributed by atoms with E-state index in [0.717, 1.165) is 16.7 Å². The van der Waals surface area contributed by atoms with Crippen LogP contribution < -0.4 is 0 Å². The summed E-state index contributed by atoms with van der Waals surface area (Å²) < 4.78 is 23.4. The number of phenolic OH excluding ortho intramolecular Hbond substituents is 1. The molecule has 0 saturated heterocycles. The van der Waals surface area contributed by atoms with E-state index in [1.54, 1.807) is 18.2 Å². The lowest BCUT2D eigenvalue weighted by atomic mass is 9.99. The molecule has 0 fully saturated rings. The molecule has 0 unspecified atom stereocenters. The maximum atomic E-state index is 13.2. The lowest BCUT2D eigenvalue weighted by Gasteiger charge is -2.13. The van der Waals surface area contributed by atoms with Gasteiger partial charge in [0, 0.05) is 11.6 Å². The number of fused-ring (bicyclic) bond motifs is 1. The molecule has 6 nitrogen and oxygen atoms in total. The van der Waals surface area contributed by atoms with Crippen LogP contribution in [0.3, 0.4) is 0 Å². The second kappa shape index (κ2) is 9.48. The summed E-state index contributed by atoms with van der Waals surface area (Å²) in [6, 6.07) is 18.2. The van der Waals surface area contributed by atoms with Gasteiger partial charge in [0.15, 0.2) is 5.75 Å². The van der Waals surface area contributed by atoms with Crippen LogP contribution in [-0.4, -0.2) is 29.1 Å². The Bertz CT molecular complexity index is 1320. The SMILES string of the molecule is COC(=O)c1cc(C(=O)OCc2ccccc2)c2cc(Cc3ccc(F)cc3)cnc2c1O. The fourth-order valence-corrected chi connectivity index (χ4v) is 3.49. The number of hydrogen-bond donors (Lipinski definition) is 1. The molecule has 166 valence electrons. The third-order valence-electron chi connectivity index (χ3n) is 5.16. The Balaban J connectivity index is 1.75. The van der Waals surface area contributed by atoms with Crippen molar-refractivity contribution >= 4 is 22.8 Å². The smallest absolute Gasteiger partial charge is 0.341 e. The molecule has 1 aromatic heterocycles. The van der Waals surface area contributed by atoms with Gasteiger partial charge >= 0.3 is 11.9 Å². The molecule has 1 heterocycles. The number of aromatic nitrogens is 1. The number of rotatable bonds is 6. The van der Waals surface area contributed by atoms with E-state index < -0.39 is 11.9 Å². The van der Waals surface area contributed by atoms with Crippen LogP contribution in [0.15, 0.2) is 72.9 Å². The van der Waals surface area contributed by atoms with Crippen molar-refractivity contribution < 1.29 is 28.6 Å². The van der Waals surface area contributed by atoms with Crippen LogP contribution in [-0.2, 0) is 22.5 Å². The number of methoxy groups -OCH3 is 1. The summed E-state index contributed by atoms with van der Waals surface area (Å²) in [6.07, 6.45) is 1.97. The summed E-state index contributed by atoms with van der Waals surface area (Å²) >= 11 is 0. The fourth-order valence-electron chi connectivity index (χ4n) is 3.49. The Labute approximate surface area is 189 Å². The Hall–Kier alpha value is -4.26. The Morgan fingerprint density at radius 3 is 2.33 bits per heavy atom. The number of nitrogens with zero attached hydrogens (tertiary/aromatic N) is 1. The Morgan fingerprint density at radius 1 is 0.909 bits per heavy atom. The lowest BCUT2D eigenvalue weighted by Crippen LogP contribution is -2.10. The van der Waals surface area contributed by atoms with E-state index in [1.807, 2.05) is 30.3 Å². The molecule has 4 aromatic rings. The number of carbonyl (C=O) groups is 2. The van der Waals surface area contributed by atoms with Gasteiger partial charge in [-0.25, -0.2) is 14.0 Å². The minimum absolute atomic E-state index is 0.0400. The highest BCUT2D eigenvalue weighted by atomic mass is 19.1. The third kappa shape index (κ3) is 4.82. The number of pyridine rings is 1. The summed E-state index contributed by atoms with van der Waals surface area (Å²) in [5, 5.41) is 11.0. The first-order valence-corrected chi connectivity index (χ1v) is 10.1. The quantitative estimate of drug-likeness (QED) is 0.429. The second-order valence-electron chi connectivity index (χ2n) is 7.42. The first-order valence-electron chi connectivity index (χ1n) is 10.1. The normalized spacial score (nSPS) is 10.7. The predicted octanol–water partition coefficient (Wildman–Crippen LogP) is 4.81. The van der Waals surface area contributed by atoms with E-state index >= 15 is 0 Å². The standard InChI is InChI=1S/C26H20FNO5/c1-32-25(30)22-13-21(26(31)33-15-17-5-3-2-4-6-17)20-12-18(14-28-23(20)24(22)29)11-16-7-9-19(27)10-8-16/h2-10,12-14,29H,11,15H2,1H3. The molecule has 0 aliphatic heterocycles. The summed E-state index contributed by atoms with van der Waals surface area (Å²) in [4.78, 5) is 29.5. The van der Waals surface area contributed by atoms with Crippen LogP contribution in [0.4, 0.5) is 4.39 Å². The number of ether oxygens (including phenoxy) is 2. The molecule has 33 heavy (non-hydrogen) atoms. The molecule has 0 bridgehead atoms. The van der Waals surface area contributed by atoms with Gasteiger partial charge in [0.1, 0.15) is 23.5 Å². The van der Waals surface area contributed by atoms with Gasteiger partial charge in [-0.1, -0.05) is 42.5 Å². The number of benzene rings is 3. The van der Waals surface area contributed by atoms with Gasteiger partial charge in [0.2, 0.25) is 0 Å². The van der Waals surface area contributed by atoms with E-state index in [9.17, 15) is 19.1 Å². The zero-order valence-corrected chi connectivity index (χ0v) is 17.7. The molecule has 0 radical (unpaired) electrons. The van der Waals surface area contributed by atoms with Gasteiger partial charge < -0.3 is 14.6 Å². The zero-order valence-electron chi connectivity index (χ0n) is 17.7. The number of phenols is 1. The number of halogens is 1. The highest BCUT2D eigenvalue weighted by Gasteiger charge is 2.23. The maximum Gasteiger partial charge on any atom is 0.341 e. The van der Waals surface area contributed by atoms with Crippen molar-refractivity contribution in [2.45, 2.75) is 13.0 Å². The van der Waals surface area contributed by atoms with Gasteiger partial charge in [0.05, 0.1) is 12.7 Å². The van der Waals surface area contributed by atoms with Gasteiger partial charge in [-0.05, 0) is 47.4 Å². The molecular formula is C26H20FNO5. The third-order valence-corrected chi connectivity index (χ3v) is 5.16. The summed E-state index contributed by atoms with van der Waals surface area (Å²) in [6.45, 7) is 0.0400. The van der Waals surface area contributed by atoms with Crippen molar-refractivity contribution in [1.29, 1.82) is 0 Å². The minimum Gasteiger partial charge on any atom is -0.505 e. The van der Waals surface area contributed by atoms with Crippen LogP contribution in [0.5, 0.6) is 5.75 Å². The highest BCUT2D eigenvalue weighted by Crippen LogP contribution is 2.32. The van der Waals surface area contributed by atoms with E-state index in [0.29, 0.717) is 11.8 Å². The van der Waals surface area contributed by atoms with Crippen molar-refractivity contribution in [1.82, 2.24) is 4.98 Å². The first kappa shape index (κ1) is 22.0. The molecule has 0 saturated carbocycles. The molecule has 1 N–H and O–H groups in total. The van der Waals surface area contributed by atoms with Gasteiger partial charge in [0.25, 0.3) is 0 Å². The van der Waals surface area contributed by atoms with E-state index in [-0.39, 0.29) is 34.8 Å². The Morgan fingerprint density at radius 2 is 1.64 bits per heavy atom. The van der Waals surface area contributed by atoms with Gasteiger partial charge in [-0.15, -0.1) is 0 Å². The van der Waals surface area contributed by atoms with E-state index in [4.69, 9.17) is 9.47 Å². The fraction of sp³-hybridized carbons (Fsp3) is 0.115. The molecule has 0 aliphatic carbocycles. The van der Waals surface area contributed by atoms with Crippen molar-refractivity contribution in [2.75, 3.05) is 7.11 Å². The summed E-state index contributed by atoms with van der Waals surface area (Å²) in [5.74, 6) is -2.19. The van der Waals surface area contributed by atoms with Crippen LogP contribution in [0.2, 0.25) is 0 Å². The number of carbonyl (C=O) groups excluding carboxylic acids is 2. The molecule has 0 aliphatic rings.